The fraction of sp³-hybridized carbons (Fsp3) is 0.417. The first kappa shape index (κ1) is 24.3. The Bertz CT molecular complexity index is 1090. The maximum Gasteiger partial charge on any atom is 0.264 e. The molecule has 1 fully saturated rings. The lowest BCUT2D eigenvalue weighted by Crippen LogP contribution is -2.41. The van der Waals surface area contributed by atoms with Gasteiger partial charge >= 0.3 is 0 Å². The fourth-order valence-electron chi connectivity index (χ4n) is 3.91. The zero-order valence-corrected chi connectivity index (χ0v) is 20.2. The molecule has 0 unspecified atom stereocenters. The molecule has 2 aromatic carbocycles. The van der Waals surface area contributed by atoms with Gasteiger partial charge in [-0.1, -0.05) is 48.6 Å². The second kappa shape index (κ2) is 10.0. The van der Waals surface area contributed by atoms with Gasteiger partial charge in [-0.05, 0) is 50.1 Å². The third kappa shape index (κ3) is 5.33. The van der Waals surface area contributed by atoms with Crippen LogP contribution < -0.4 is 4.31 Å². The molecule has 1 amide bonds. The molecule has 0 spiro atoms. The highest BCUT2D eigenvalue weighted by atomic mass is 35.5. The molecule has 3 rings (SSSR count). The summed E-state index contributed by atoms with van der Waals surface area (Å²) in [6, 6.07) is 11.0. The first-order chi connectivity index (χ1) is 15.1. The van der Waals surface area contributed by atoms with Gasteiger partial charge in [0.2, 0.25) is 5.91 Å². The minimum atomic E-state index is -4.11. The monoisotopic (exact) mass is 476 g/mol. The van der Waals surface area contributed by atoms with Crippen LogP contribution in [0.1, 0.15) is 48.0 Å². The first-order valence-electron chi connectivity index (χ1n) is 10.7. The number of halogens is 1. The summed E-state index contributed by atoms with van der Waals surface area (Å²) in [5.74, 6) is -0.690. The third-order valence-corrected chi connectivity index (χ3v) is 7.86. The van der Waals surface area contributed by atoms with E-state index in [1.54, 1.807) is 32.3 Å². The SMILES string of the molecule is Cc1ccc(S(=O)(=O)N(CC(=O)N(C)C)c2ccc(Cl)cc2C(=O)C2CCCCC2)cc1. The number of nitrogens with zero attached hydrogens (tertiary/aromatic N) is 2. The maximum atomic E-state index is 13.6. The molecule has 0 radical (unpaired) electrons. The molecular formula is C24H29ClN2O4S. The van der Waals surface area contributed by atoms with E-state index in [2.05, 4.69) is 0 Å². The highest BCUT2D eigenvalue weighted by molar-refractivity contribution is 7.92. The van der Waals surface area contributed by atoms with Gasteiger partial charge in [0.15, 0.2) is 5.78 Å². The number of amides is 1. The number of hydrogen-bond donors (Lipinski definition) is 0. The Labute approximate surface area is 195 Å². The summed E-state index contributed by atoms with van der Waals surface area (Å²) >= 11 is 6.21. The number of likely N-dealkylation sites (N-methyl/N-ethyl adjacent to an activating group) is 1. The predicted octanol–water partition coefficient (Wildman–Crippen LogP) is 4.69. The molecular weight excluding hydrogens is 448 g/mol. The van der Waals surface area contributed by atoms with Crippen LogP contribution in [0.3, 0.4) is 0 Å². The van der Waals surface area contributed by atoms with Crippen molar-refractivity contribution < 1.29 is 18.0 Å². The van der Waals surface area contributed by atoms with Crippen molar-refractivity contribution in [1.29, 1.82) is 0 Å². The van der Waals surface area contributed by atoms with Crippen LogP contribution in [0.25, 0.3) is 0 Å². The number of ketones is 1. The average Bonchev–Trinajstić information content (AvgIpc) is 2.77. The lowest BCUT2D eigenvalue weighted by Gasteiger charge is -2.28. The number of carbonyl (C=O) groups excluding carboxylic acids is 2. The van der Waals surface area contributed by atoms with E-state index in [0.29, 0.717) is 5.02 Å². The van der Waals surface area contributed by atoms with E-state index in [1.165, 1.54) is 29.2 Å². The van der Waals surface area contributed by atoms with Gasteiger partial charge in [-0.15, -0.1) is 0 Å². The quantitative estimate of drug-likeness (QED) is 0.543. The number of benzene rings is 2. The van der Waals surface area contributed by atoms with Crippen molar-refractivity contribution in [2.24, 2.45) is 5.92 Å². The zero-order valence-electron chi connectivity index (χ0n) is 18.7. The molecule has 0 bridgehead atoms. The van der Waals surface area contributed by atoms with Crippen molar-refractivity contribution in [3.63, 3.8) is 0 Å². The number of sulfonamides is 1. The van der Waals surface area contributed by atoms with E-state index in [-0.39, 0.29) is 27.8 Å². The number of anilines is 1. The molecule has 1 aliphatic carbocycles. The van der Waals surface area contributed by atoms with Crippen LogP contribution in [-0.2, 0) is 14.8 Å². The number of Topliss-reactive ketones (excluding diaryl/α,β-unsaturated/α-hetero) is 1. The van der Waals surface area contributed by atoms with E-state index in [9.17, 15) is 18.0 Å². The number of hydrogen-bond acceptors (Lipinski definition) is 4. The van der Waals surface area contributed by atoms with Crippen molar-refractivity contribution >= 4 is 39.0 Å². The second-order valence-corrected chi connectivity index (χ2v) is 10.8. The lowest BCUT2D eigenvalue weighted by molar-refractivity contribution is -0.127. The molecule has 0 N–H and O–H groups in total. The summed E-state index contributed by atoms with van der Waals surface area (Å²) in [5.41, 5.74) is 1.34. The molecule has 0 atom stereocenters. The Hall–Kier alpha value is -2.38. The van der Waals surface area contributed by atoms with Crippen LogP contribution in [0.2, 0.25) is 5.02 Å². The maximum absolute atomic E-state index is 13.6. The Balaban J connectivity index is 2.13. The van der Waals surface area contributed by atoms with Gasteiger partial charge < -0.3 is 4.90 Å². The molecule has 2 aromatic rings. The molecule has 1 aliphatic rings. The van der Waals surface area contributed by atoms with E-state index >= 15 is 0 Å². The summed E-state index contributed by atoms with van der Waals surface area (Å²) in [6.07, 6.45) is 4.57. The third-order valence-electron chi connectivity index (χ3n) is 5.86. The van der Waals surface area contributed by atoms with Gasteiger partial charge in [0.1, 0.15) is 6.54 Å². The number of carbonyl (C=O) groups is 2. The predicted molar refractivity (Wildman–Crippen MR) is 127 cm³/mol. The van der Waals surface area contributed by atoms with Crippen molar-refractivity contribution in [3.8, 4) is 0 Å². The van der Waals surface area contributed by atoms with Crippen molar-refractivity contribution in [2.75, 3.05) is 24.9 Å². The van der Waals surface area contributed by atoms with Gasteiger partial charge in [-0.2, -0.15) is 0 Å². The Morgan fingerprint density at radius 1 is 1.00 bits per heavy atom. The van der Waals surface area contributed by atoms with Crippen molar-refractivity contribution in [3.05, 3.63) is 58.6 Å². The summed E-state index contributed by atoms with van der Waals surface area (Å²) < 4.78 is 28.3. The van der Waals surface area contributed by atoms with Gasteiger partial charge in [0, 0.05) is 30.6 Å². The summed E-state index contributed by atoms with van der Waals surface area (Å²) in [6.45, 7) is 1.44. The molecule has 0 saturated heterocycles. The fourth-order valence-corrected chi connectivity index (χ4v) is 5.51. The molecule has 0 heterocycles. The van der Waals surface area contributed by atoms with Crippen LogP contribution >= 0.6 is 11.6 Å². The van der Waals surface area contributed by atoms with E-state index < -0.39 is 22.5 Å². The zero-order chi connectivity index (χ0) is 23.5. The smallest absolute Gasteiger partial charge is 0.264 e. The largest absolute Gasteiger partial charge is 0.347 e. The highest BCUT2D eigenvalue weighted by Crippen LogP contribution is 2.34. The van der Waals surface area contributed by atoms with Crippen molar-refractivity contribution in [1.82, 2.24) is 4.90 Å². The molecule has 0 aromatic heterocycles. The lowest BCUT2D eigenvalue weighted by atomic mass is 9.83. The van der Waals surface area contributed by atoms with Crippen LogP contribution in [0.4, 0.5) is 5.69 Å². The minimum Gasteiger partial charge on any atom is -0.347 e. The van der Waals surface area contributed by atoms with Crippen molar-refractivity contribution in [2.45, 2.75) is 43.9 Å². The van der Waals surface area contributed by atoms with Crippen LogP contribution in [0.15, 0.2) is 47.4 Å². The summed E-state index contributed by atoms with van der Waals surface area (Å²) in [7, 11) is -0.980. The van der Waals surface area contributed by atoms with Gasteiger partial charge in [0.25, 0.3) is 10.0 Å². The van der Waals surface area contributed by atoms with Gasteiger partial charge in [-0.25, -0.2) is 8.42 Å². The number of aryl methyl sites for hydroxylation is 1. The highest BCUT2D eigenvalue weighted by Gasteiger charge is 2.33. The second-order valence-electron chi connectivity index (χ2n) is 8.47. The minimum absolute atomic E-state index is 0.0562. The summed E-state index contributed by atoms with van der Waals surface area (Å²) in [5, 5.41) is 0.347. The van der Waals surface area contributed by atoms with Crippen LogP contribution in [-0.4, -0.2) is 45.6 Å². The van der Waals surface area contributed by atoms with Crippen LogP contribution in [0, 0.1) is 12.8 Å². The van der Waals surface area contributed by atoms with E-state index in [0.717, 1.165) is 42.0 Å². The van der Waals surface area contributed by atoms with E-state index in [4.69, 9.17) is 11.6 Å². The molecule has 32 heavy (non-hydrogen) atoms. The molecule has 172 valence electrons. The van der Waals surface area contributed by atoms with Gasteiger partial charge in [-0.3, -0.25) is 13.9 Å². The van der Waals surface area contributed by atoms with Gasteiger partial charge in [0.05, 0.1) is 10.6 Å². The Morgan fingerprint density at radius 2 is 1.62 bits per heavy atom. The molecule has 6 nitrogen and oxygen atoms in total. The Morgan fingerprint density at radius 3 is 2.22 bits per heavy atom. The van der Waals surface area contributed by atoms with Crippen LogP contribution in [0.5, 0.6) is 0 Å². The Kier molecular flexibility index (Phi) is 7.62. The topological polar surface area (TPSA) is 74.8 Å². The number of rotatable bonds is 7. The summed E-state index contributed by atoms with van der Waals surface area (Å²) in [4.78, 5) is 27.4. The normalized spacial score (nSPS) is 14.8. The molecule has 0 aliphatic heterocycles. The molecule has 1 saturated carbocycles. The first-order valence-corrected chi connectivity index (χ1v) is 12.6. The standard InChI is InChI=1S/C24H29ClN2O4S/c1-17-9-12-20(13-10-17)32(30,31)27(16-23(28)26(2)3)22-14-11-19(25)15-21(22)24(29)18-7-5-4-6-8-18/h9-15,18H,4-8,16H2,1-3H3. The molecule has 8 heteroatoms. The average molecular weight is 477 g/mol. The van der Waals surface area contributed by atoms with E-state index in [1.807, 2.05) is 6.92 Å².